The minimum atomic E-state index is -0.830. The summed E-state index contributed by atoms with van der Waals surface area (Å²) in [7, 11) is 1.66. The van der Waals surface area contributed by atoms with Crippen molar-refractivity contribution in [3.05, 3.63) is 23.3 Å². The number of nitrogens with zero attached hydrogens (tertiary/aromatic N) is 1. The molecule has 5 heteroatoms. The van der Waals surface area contributed by atoms with Crippen LogP contribution in [0.3, 0.4) is 0 Å². The number of ether oxygens (including phenoxy) is 2. The molecule has 1 aromatic carbocycles. The first-order chi connectivity index (χ1) is 13.1. The third kappa shape index (κ3) is 1.86. The van der Waals surface area contributed by atoms with Crippen molar-refractivity contribution >= 4 is 0 Å². The molecule has 3 aliphatic carbocycles. The highest BCUT2D eigenvalue weighted by Gasteiger charge is 2.72. The predicted octanol–water partition coefficient (Wildman–Crippen LogP) is 2.01. The van der Waals surface area contributed by atoms with Crippen LogP contribution in [-0.2, 0) is 11.8 Å². The largest absolute Gasteiger partial charge is 0.493 e. The van der Waals surface area contributed by atoms with Crippen LogP contribution in [0.25, 0.3) is 0 Å². The van der Waals surface area contributed by atoms with Crippen molar-refractivity contribution in [3.8, 4) is 11.5 Å². The molecular formula is C22H29NO4. The van der Waals surface area contributed by atoms with E-state index in [2.05, 4.69) is 11.0 Å². The summed E-state index contributed by atoms with van der Waals surface area (Å²) < 4.78 is 12.0. The van der Waals surface area contributed by atoms with Crippen molar-refractivity contribution in [2.24, 2.45) is 5.92 Å². The Morgan fingerprint density at radius 2 is 2.11 bits per heavy atom. The van der Waals surface area contributed by atoms with Gasteiger partial charge in [0.1, 0.15) is 6.10 Å². The van der Waals surface area contributed by atoms with Gasteiger partial charge in [0, 0.05) is 18.2 Å². The molecule has 27 heavy (non-hydrogen) atoms. The number of rotatable bonds is 3. The van der Waals surface area contributed by atoms with Crippen LogP contribution in [0, 0.1) is 5.92 Å². The number of benzene rings is 1. The van der Waals surface area contributed by atoms with Gasteiger partial charge in [0.05, 0.1) is 24.2 Å². The van der Waals surface area contributed by atoms with Crippen molar-refractivity contribution in [2.45, 2.75) is 74.2 Å². The zero-order valence-electron chi connectivity index (χ0n) is 16.0. The zero-order chi connectivity index (χ0) is 18.4. The van der Waals surface area contributed by atoms with Crippen molar-refractivity contribution in [2.75, 3.05) is 20.2 Å². The molecule has 5 nitrogen and oxygen atoms in total. The van der Waals surface area contributed by atoms with Gasteiger partial charge in [0.25, 0.3) is 0 Å². The summed E-state index contributed by atoms with van der Waals surface area (Å²) in [5.41, 5.74) is 1.08. The molecule has 2 aliphatic heterocycles. The minimum Gasteiger partial charge on any atom is -0.493 e. The Bertz CT molecular complexity index is 793. The van der Waals surface area contributed by atoms with E-state index in [0.29, 0.717) is 12.8 Å². The van der Waals surface area contributed by atoms with E-state index in [-0.39, 0.29) is 12.1 Å². The van der Waals surface area contributed by atoms with Crippen LogP contribution in [0.2, 0.25) is 0 Å². The first-order valence-corrected chi connectivity index (χ1v) is 10.6. The highest BCUT2D eigenvalue weighted by molar-refractivity contribution is 5.62. The predicted molar refractivity (Wildman–Crippen MR) is 100 cm³/mol. The second-order valence-electron chi connectivity index (χ2n) is 9.43. The molecule has 0 amide bonds. The SMILES string of the molecule is COc1ccc2c3c1OC1C(O)CC[C@]4(O)[C@H](C2)N(CC2CCC2)CC[C@@]314. The van der Waals surface area contributed by atoms with Gasteiger partial charge in [-0.05, 0) is 62.6 Å². The Labute approximate surface area is 160 Å². The molecule has 1 saturated heterocycles. The lowest BCUT2D eigenvalue weighted by Crippen LogP contribution is -2.77. The number of hydrogen-bond donors (Lipinski definition) is 2. The topological polar surface area (TPSA) is 62.2 Å². The van der Waals surface area contributed by atoms with Gasteiger partial charge in [-0.1, -0.05) is 12.5 Å². The van der Waals surface area contributed by atoms with Crippen LogP contribution in [0.5, 0.6) is 11.5 Å². The first kappa shape index (κ1) is 16.6. The lowest BCUT2D eigenvalue weighted by Gasteiger charge is -2.64. The number of methoxy groups -OCH3 is 1. The molecule has 6 rings (SSSR count). The lowest BCUT2D eigenvalue weighted by molar-refractivity contribution is -0.209. The second kappa shape index (κ2) is 5.40. The first-order valence-electron chi connectivity index (χ1n) is 10.6. The summed E-state index contributed by atoms with van der Waals surface area (Å²) >= 11 is 0. The van der Waals surface area contributed by atoms with Crippen LogP contribution in [-0.4, -0.2) is 59.2 Å². The van der Waals surface area contributed by atoms with E-state index in [1.54, 1.807) is 7.11 Å². The number of aliphatic hydroxyl groups is 2. The van der Waals surface area contributed by atoms with E-state index in [1.807, 2.05) is 6.07 Å². The summed E-state index contributed by atoms with van der Waals surface area (Å²) in [6.45, 7) is 2.08. The molecule has 1 aromatic rings. The van der Waals surface area contributed by atoms with Gasteiger partial charge in [0.15, 0.2) is 11.5 Å². The Morgan fingerprint density at radius 3 is 2.85 bits per heavy atom. The van der Waals surface area contributed by atoms with Gasteiger partial charge in [-0.3, -0.25) is 4.90 Å². The highest BCUT2D eigenvalue weighted by Crippen LogP contribution is 2.65. The van der Waals surface area contributed by atoms with Gasteiger partial charge in [-0.15, -0.1) is 0 Å². The average Bonchev–Trinajstić information content (AvgIpc) is 2.98. The van der Waals surface area contributed by atoms with E-state index in [0.717, 1.165) is 48.9 Å². The van der Waals surface area contributed by atoms with Crippen molar-refractivity contribution in [3.63, 3.8) is 0 Å². The normalized spacial score (nSPS) is 42.3. The van der Waals surface area contributed by atoms with E-state index < -0.39 is 17.1 Å². The van der Waals surface area contributed by atoms with E-state index in [9.17, 15) is 10.2 Å². The fourth-order valence-electron chi connectivity index (χ4n) is 6.98. The Hall–Kier alpha value is -1.30. The standard InChI is InChI=1S/C22H29NO4/c1-26-16-6-5-14-11-17-22(25)8-7-15(24)20-21(22,18(14)19(16)27-20)9-10-23(17)12-13-3-2-4-13/h5-6,13,15,17,20,24-25H,2-4,7-12H2,1H3/t15?,17-,20?,21+,22-/m0/s1. The van der Waals surface area contributed by atoms with Gasteiger partial charge >= 0.3 is 0 Å². The quantitative estimate of drug-likeness (QED) is 0.851. The fraction of sp³-hybridized carbons (Fsp3) is 0.727. The molecule has 1 spiro atoms. The van der Waals surface area contributed by atoms with E-state index in [1.165, 1.54) is 24.8 Å². The molecule has 2 heterocycles. The van der Waals surface area contributed by atoms with Gasteiger partial charge in [0.2, 0.25) is 0 Å². The number of hydrogen-bond acceptors (Lipinski definition) is 5. The molecule has 2 N–H and O–H groups in total. The Balaban J connectivity index is 1.52. The smallest absolute Gasteiger partial charge is 0.166 e. The average molecular weight is 371 g/mol. The zero-order valence-corrected chi connectivity index (χ0v) is 16.0. The third-order valence-corrected chi connectivity index (χ3v) is 8.46. The van der Waals surface area contributed by atoms with Crippen LogP contribution in [0.4, 0.5) is 0 Å². The molecule has 2 saturated carbocycles. The number of piperidine rings is 1. The Kier molecular flexibility index (Phi) is 3.33. The molecule has 5 aliphatic rings. The molecule has 0 aromatic heterocycles. The highest BCUT2D eigenvalue weighted by atomic mass is 16.5. The van der Waals surface area contributed by atoms with Crippen LogP contribution >= 0.6 is 0 Å². The maximum absolute atomic E-state index is 12.2. The van der Waals surface area contributed by atoms with Gasteiger partial charge in [-0.2, -0.15) is 0 Å². The maximum atomic E-state index is 12.2. The summed E-state index contributed by atoms with van der Waals surface area (Å²) in [4.78, 5) is 2.56. The summed E-state index contributed by atoms with van der Waals surface area (Å²) in [6, 6.07) is 4.27. The molecule has 0 radical (unpaired) electrons. The van der Waals surface area contributed by atoms with Crippen molar-refractivity contribution in [1.82, 2.24) is 4.90 Å². The summed E-state index contributed by atoms with van der Waals surface area (Å²) in [5.74, 6) is 2.29. The molecule has 5 atom stereocenters. The fourth-order valence-corrected chi connectivity index (χ4v) is 6.98. The van der Waals surface area contributed by atoms with Crippen molar-refractivity contribution < 1.29 is 19.7 Å². The third-order valence-electron chi connectivity index (χ3n) is 8.46. The molecule has 3 fully saturated rings. The molecular weight excluding hydrogens is 342 g/mol. The number of likely N-dealkylation sites (tertiary alicyclic amines) is 1. The Morgan fingerprint density at radius 1 is 1.26 bits per heavy atom. The lowest BCUT2D eigenvalue weighted by atomic mass is 9.48. The van der Waals surface area contributed by atoms with Crippen LogP contribution < -0.4 is 9.47 Å². The van der Waals surface area contributed by atoms with Gasteiger partial charge in [-0.25, -0.2) is 0 Å². The van der Waals surface area contributed by atoms with Crippen molar-refractivity contribution in [1.29, 1.82) is 0 Å². The van der Waals surface area contributed by atoms with E-state index >= 15 is 0 Å². The molecule has 146 valence electrons. The minimum absolute atomic E-state index is 0.122. The summed E-state index contributed by atoms with van der Waals surface area (Å²) in [5, 5.41) is 23.0. The monoisotopic (exact) mass is 371 g/mol. The van der Waals surface area contributed by atoms with Gasteiger partial charge < -0.3 is 19.7 Å². The summed E-state index contributed by atoms with van der Waals surface area (Å²) in [6.07, 6.45) is 6.07. The molecule has 2 unspecified atom stereocenters. The maximum Gasteiger partial charge on any atom is 0.166 e. The van der Waals surface area contributed by atoms with E-state index in [4.69, 9.17) is 9.47 Å². The second-order valence-corrected chi connectivity index (χ2v) is 9.43. The van der Waals surface area contributed by atoms with Crippen LogP contribution in [0.15, 0.2) is 12.1 Å². The number of aliphatic hydroxyl groups excluding tert-OH is 1. The molecule has 2 bridgehead atoms. The van der Waals surface area contributed by atoms with Crippen LogP contribution in [0.1, 0.15) is 49.7 Å².